The molecule has 0 saturated heterocycles. The second-order valence-corrected chi connectivity index (χ2v) is 6.99. The van der Waals surface area contributed by atoms with Crippen molar-refractivity contribution in [2.75, 3.05) is 5.32 Å². The molecule has 2 aromatic carbocycles. The van der Waals surface area contributed by atoms with Gasteiger partial charge in [-0.05, 0) is 60.2 Å². The number of aliphatic hydroxyl groups is 1. The maximum absolute atomic E-state index is 13.5. The van der Waals surface area contributed by atoms with Crippen LogP contribution >= 0.6 is 0 Å². The van der Waals surface area contributed by atoms with Gasteiger partial charge in [-0.2, -0.15) is 0 Å². The van der Waals surface area contributed by atoms with Crippen LogP contribution in [0.2, 0.25) is 0 Å². The van der Waals surface area contributed by atoms with Crippen LogP contribution in [0.3, 0.4) is 0 Å². The Morgan fingerprint density at radius 2 is 1.74 bits per heavy atom. The van der Waals surface area contributed by atoms with Crippen LogP contribution in [0.1, 0.15) is 5.56 Å². The first-order chi connectivity index (χ1) is 15.2. The maximum Gasteiger partial charge on any atom is 0.227 e. The number of anilines is 2. The number of nitrogens with one attached hydrogen (secondary N) is 1. The van der Waals surface area contributed by atoms with E-state index in [-0.39, 0.29) is 12.4 Å². The fraction of sp³-hybridized carbons (Fsp3) is 0.0417. The monoisotopic (exact) mass is 411 g/mol. The lowest BCUT2D eigenvalue weighted by Crippen LogP contribution is -1.99. The molecule has 0 bridgehead atoms. The van der Waals surface area contributed by atoms with Crippen molar-refractivity contribution in [1.82, 2.24) is 19.4 Å². The maximum atomic E-state index is 13.5. The number of hydrogen-bond donors (Lipinski definition) is 2. The lowest BCUT2D eigenvalue weighted by atomic mass is 10.1. The Labute approximate surface area is 177 Å². The van der Waals surface area contributed by atoms with Crippen LogP contribution < -0.4 is 5.32 Å². The van der Waals surface area contributed by atoms with E-state index in [1.807, 2.05) is 59.1 Å². The second-order valence-electron chi connectivity index (χ2n) is 6.99. The SMILES string of the molecule is OCc1ccn2c(-c3ccnc(Nc4ccccc4)n3)c(-c3ccc(F)cc3)nc2c1. The standard InChI is InChI=1S/C24H18FN5O/c25-18-8-6-17(7-9-18)22-23(30-13-11-16(15-31)14-21(30)29-22)20-10-12-26-24(28-20)27-19-4-2-1-3-5-19/h1-14,31H,15H2,(H,26,27,28). The number of nitrogens with zero attached hydrogens (tertiary/aromatic N) is 4. The lowest BCUT2D eigenvalue weighted by molar-refractivity contribution is 0.282. The molecule has 6 nitrogen and oxygen atoms in total. The molecule has 152 valence electrons. The van der Waals surface area contributed by atoms with Crippen molar-refractivity contribution >= 4 is 17.3 Å². The second kappa shape index (κ2) is 7.97. The van der Waals surface area contributed by atoms with Crippen LogP contribution in [0.15, 0.2) is 85.2 Å². The minimum absolute atomic E-state index is 0.0801. The normalized spacial score (nSPS) is 11.0. The number of benzene rings is 2. The largest absolute Gasteiger partial charge is 0.392 e. The topological polar surface area (TPSA) is 75.3 Å². The van der Waals surface area contributed by atoms with Crippen molar-refractivity contribution in [3.8, 4) is 22.6 Å². The number of halogens is 1. The molecular weight excluding hydrogens is 393 g/mol. The minimum Gasteiger partial charge on any atom is -0.392 e. The molecule has 0 unspecified atom stereocenters. The summed E-state index contributed by atoms with van der Waals surface area (Å²) in [5.74, 6) is 0.142. The Hall–Kier alpha value is -4.10. The molecule has 0 aliphatic carbocycles. The summed E-state index contributed by atoms with van der Waals surface area (Å²) in [5.41, 5.74) is 5.15. The van der Waals surface area contributed by atoms with Crippen LogP contribution in [0.25, 0.3) is 28.3 Å². The molecule has 31 heavy (non-hydrogen) atoms. The number of imidazole rings is 1. The summed E-state index contributed by atoms with van der Waals surface area (Å²) >= 11 is 0. The van der Waals surface area contributed by atoms with Gasteiger partial charge in [-0.3, -0.25) is 4.40 Å². The number of aliphatic hydroxyl groups excluding tert-OH is 1. The highest BCUT2D eigenvalue weighted by Crippen LogP contribution is 2.32. The third-order valence-corrected chi connectivity index (χ3v) is 4.92. The van der Waals surface area contributed by atoms with Gasteiger partial charge < -0.3 is 10.4 Å². The van der Waals surface area contributed by atoms with Crippen LogP contribution in [0.5, 0.6) is 0 Å². The van der Waals surface area contributed by atoms with Crippen molar-refractivity contribution in [2.45, 2.75) is 6.61 Å². The van der Waals surface area contributed by atoms with Gasteiger partial charge in [0.2, 0.25) is 5.95 Å². The summed E-state index contributed by atoms with van der Waals surface area (Å²) < 4.78 is 15.4. The smallest absolute Gasteiger partial charge is 0.227 e. The fourth-order valence-corrected chi connectivity index (χ4v) is 3.44. The third kappa shape index (κ3) is 3.74. The molecule has 2 N–H and O–H groups in total. The molecule has 5 rings (SSSR count). The van der Waals surface area contributed by atoms with Gasteiger partial charge >= 0.3 is 0 Å². The molecule has 3 aromatic heterocycles. The highest BCUT2D eigenvalue weighted by molar-refractivity contribution is 5.81. The number of para-hydroxylation sites is 1. The first-order valence-electron chi connectivity index (χ1n) is 9.74. The summed E-state index contributed by atoms with van der Waals surface area (Å²) in [6, 6.07) is 21.3. The molecule has 0 saturated carbocycles. The van der Waals surface area contributed by atoms with Gasteiger partial charge in [0.25, 0.3) is 0 Å². The zero-order chi connectivity index (χ0) is 21.2. The van der Waals surface area contributed by atoms with Crippen molar-refractivity contribution in [3.63, 3.8) is 0 Å². The van der Waals surface area contributed by atoms with Crippen molar-refractivity contribution in [2.24, 2.45) is 0 Å². The number of fused-ring (bicyclic) bond motifs is 1. The number of hydrogen-bond acceptors (Lipinski definition) is 5. The van der Waals surface area contributed by atoms with Gasteiger partial charge in [0.15, 0.2) is 0 Å². The van der Waals surface area contributed by atoms with Gasteiger partial charge in [0.1, 0.15) is 11.5 Å². The molecule has 0 radical (unpaired) electrons. The average Bonchev–Trinajstić information content (AvgIpc) is 3.19. The molecule has 0 aliphatic heterocycles. The van der Waals surface area contributed by atoms with Crippen molar-refractivity contribution in [1.29, 1.82) is 0 Å². The van der Waals surface area contributed by atoms with E-state index >= 15 is 0 Å². The molecule has 7 heteroatoms. The van der Waals surface area contributed by atoms with Crippen molar-refractivity contribution < 1.29 is 9.50 Å². The highest BCUT2D eigenvalue weighted by atomic mass is 19.1. The molecular formula is C24H18FN5O. The summed E-state index contributed by atoms with van der Waals surface area (Å²) in [5, 5.41) is 12.7. The molecule has 0 fully saturated rings. The number of pyridine rings is 1. The number of rotatable bonds is 5. The Kier molecular flexibility index (Phi) is 4.86. The Morgan fingerprint density at radius 3 is 2.52 bits per heavy atom. The van der Waals surface area contributed by atoms with Crippen molar-refractivity contribution in [3.05, 3.63) is 96.6 Å². The Morgan fingerprint density at radius 1 is 0.935 bits per heavy atom. The van der Waals surface area contributed by atoms with Crippen LogP contribution in [0.4, 0.5) is 16.0 Å². The van der Waals surface area contributed by atoms with Gasteiger partial charge in [-0.15, -0.1) is 0 Å². The van der Waals surface area contributed by atoms with Gasteiger partial charge in [0, 0.05) is 23.6 Å². The summed E-state index contributed by atoms with van der Waals surface area (Å²) in [6.07, 6.45) is 3.53. The first-order valence-corrected chi connectivity index (χ1v) is 9.74. The minimum atomic E-state index is -0.312. The highest BCUT2D eigenvalue weighted by Gasteiger charge is 2.18. The van der Waals surface area contributed by atoms with Gasteiger partial charge in [-0.1, -0.05) is 18.2 Å². The summed E-state index contributed by atoms with van der Waals surface area (Å²) in [7, 11) is 0. The van der Waals surface area contributed by atoms with E-state index in [1.165, 1.54) is 12.1 Å². The predicted octanol–water partition coefficient (Wildman–Crippen LogP) is 4.83. The Bertz CT molecular complexity index is 1350. The molecule has 3 heterocycles. The molecule has 0 amide bonds. The fourth-order valence-electron chi connectivity index (χ4n) is 3.44. The molecule has 0 spiro atoms. The average molecular weight is 411 g/mol. The molecule has 5 aromatic rings. The van der Waals surface area contributed by atoms with Gasteiger partial charge in [-0.25, -0.2) is 19.3 Å². The van der Waals surface area contributed by atoms with Crippen LogP contribution in [-0.4, -0.2) is 24.5 Å². The first kappa shape index (κ1) is 18.9. The quantitative estimate of drug-likeness (QED) is 0.433. The van der Waals surface area contributed by atoms with E-state index < -0.39 is 0 Å². The molecule has 0 aliphatic rings. The van der Waals surface area contributed by atoms with E-state index in [4.69, 9.17) is 9.97 Å². The van der Waals surface area contributed by atoms with Crippen LogP contribution in [0, 0.1) is 5.82 Å². The van der Waals surface area contributed by atoms with Crippen LogP contribution in [-0.2, 0) is 6.61 Å². The third-order valence-electron chi connectivity index (χ3n) is 4.92. The summed E-state index contributed by atoms with van der Waals surface area (Å²) in [6.45, 7) is -0.0801. The van der Waals surface area contributed by atoms with Gasteiger partial charge in [0.05, 0.1) is 23.7 Å². The Balaban J connectivity index is 1.67. The van der Waals surface area contributed by atoms with E-state index in [2.05, 4.69) is 10.3 Å². The number of aromatic nitrogens is 4. The predicted molar refractivity (Wildman–Crippen MR) is 117 cm³/mol. The van der Waals surface area contributed by atoms with E-state index in [0.29, 0.717) is 23.0 Å². The zero-order valence-corrected chi connectivity index (χ0v) is 16.4. The molecule has 0 atom stereocenters. The van der Waals surface area contributed by atoms with E-state index in [0.717, 1.165) is 22.5 Å². The van der Waals surface area contributed by atoms with E-state index in [1.54, 1.807) is 18.3 Å². The van der Waals surface area contributed by atoms with E-state index in [9.17, 15) is 9.50 Å². The zero-order valence-electron chi connectivity index (χ0n) is 16.4. The summed E-state index contributed by atoms with van der Waals surface area (Å²) in [4.78, 5) is 13.8. The lowest BCUT2D eigenvalue weighted by Gasteiger charge is -2.08.